The Morgan fingerprint density at radius 1 is 1.12 bits per heavy atom. The fraction of sp³-hybridized carbons (Fsp3) is 0.850. The summed E-state index contributed by atoms with van der Waals surface area (Å²) in [7, 11) is 0. The Morgan fingerprint density at radius 2 is 1.68 bits per heavy atom. The Morgan fingerprint density at radius 3 is 2.20 bits per heavy atom. The van der Waals surface area contributed by atoms with Gasteiger partial charge in [0.25, 0.3) is 0 Å². The predicted molar refractivity (Wildman–Crippen MR) is 96.3 cm³/mol. The van der Waals surface area contributed by atoms with Crippen molar-refractivity contribution in [3.8, 4) is 0 Å². The SMILES string of the molecule is CCCCOC(=O)C1(C)CC(C2OC(C)(C)C(C)(C)O2)=CC(C)(C)O1. The number of esters is 1. The van der Waals surface area contributed by atoms with Crippen molar-refractivity contribution in [3.63, 3.8) is 0 Å². The molecule has 0 aromatic rings. The van der Waals surface area contributed by atoms with Crippen LogP contribution in [0.2, 0.25) is 0 Å². The van der Waals surface area contributed by atoms with Crippen LogP contribution in [-0.2, 0) is 23.7 Å². The summed E-state index contributed by atoms with van der Waals surface area (Å²) in [6, 6.07) is 0. The number of hydrogen-bond acceptors (Lipinski definition) is 5. The smallest absolute Gasteiger partial charge is 0.338 e. The Kier molecular flexibility index (Phi) is 5.45. The minimum Gasteiger partial charge on any atom is -0.464 e. The van der Waals surface area contributed by atoms with Crippen LogP contribution in [0.1, 0.15) is 74.7 Å². The second-order valence-corrected chi connectivity index (χ2v) is 8.91. The quantitative estimate of drug-likeness (QED) is 0.422. The molecule has 0 saturated carbocycles. The van der Waals surface area contributed by atoms with E-state index < -0.39 is 28.7 Å². The molecule has 0 N–H and O–H groups in total. The lowest BCUT2D eigenvalue weighted by Gasteiger charge is -2.41. The van der Waals surface area contributed by atoms with Crippen molar-refractivity contribution in [3.05, 3.63) is 11.6 Å². The summed E-state index contributed by atoms with van der Waals surface area (Å²) < 4.78 is 23.9. The number of rotatable bonds is 5. The Balaban J connectivity index is 2.20. The minimum absolute atomic E-state index is 0.323. The Bertz CT molecular complexity index is 530. The normalized spacial score (nSPS) is 30.8. The molecule has 1 fully saturated rings. The van der Waals surface area contributed by atoms with E-state index >= 15 is 0 Å². The monoisotopic (exact) mass is 354 g/mol. The average Bonchev–Trinajstić information content (AvgIpc) is 2.65. The highest BCUT2D eigenvalue weighted by Gasteiger charge is 2.53. The van der Waals surface area contributed by atoms with E-state index in [9.17, 15) is 4.79 Å². The molecular weight excluding hydrogens is 320 g/mol. The standard InChI is InChI=1S/C20H34O5/c1-9-10-11-22-16(21)20(8)13-14(12-17(2,3)25-20)15-23-18(4,5)19(6,7)24-15/h12,15H,9-11,13H2,1-8H3. The van der Waals surface area contributed by atoms with Crippen LogP contribution in [0.3, 0.4) is 0 Å². The zero-order chi connectivity index (χ0) is 19.1. The van der Waals surface area contributed by atoms with E-state index in [4.69, 9.17) is 18.9 Å². The van der Waals surface area contributed by atoms with Crippen molar-refractivity contribution in [1.82, 2.24) is 0 Å². The first-order valence-corrected chi connectivity index (χ1v) is 9.27. The zero-order valence-corrected chi connectivity index (χ0v) is 17.0. The van der Waals surface area contributed by atoms with E-state index in [1.807, 2.05) is 47.6 Å². The maximum Gasteiger partial charge on any atom is 0.338 e. The van der Waals surface area contributed by atoms with Gasteiger partial charge in [-0.25, -0.2) is 4.79 Å². The molecule has 2 aliphatic heterocycles. The average molecular weight is 354 g/mol. The molecule has 0 spiro atoms. The van der Waals surface area contributed by atoms with Crippen LogP contribution in [0, 0.1) is 0 Å². The van der Waals surface area contributed by atoms with Crippen LogP contribution in [0.15, 0.2) is 11.6 Å². The van der Waals surface area contributed by atoms with Crippen molar-refractivity contribution >= 4 is 5.97 Å². The lowest BCUT2D eigenvalue weighted by Crippen LogP contribution is -2.50. The zero-order valence-electron chi connectivity index (χ0n) is 17.0. The second kappa shape index (κ2) is 6.67. The van der Waals surface area contributed by atoms with Gasteiger partial charge >= 0.3 is 5.97 Å². The van der Waals surface area contributed by atoms with Crippen LogP contribution in [0.5, 0.6) is 0 Å². The Labute approximate surface area is 152 Å². The molecule has 0 aliphatic carbocycles. The van der Waals surface area contributed by atoms with Gasteiger partial charge in [-0.05, 0) is 66.5 Å². The fourth-order valence-electron chi connectivity index (χ4n) is 3.25. The predicted octanol–water partition coefficient (Wildman–Crippen LogP) is 4.14. The van der Waals surface area contributed by atoms with Gasteiger partial charge in [-0.1, -0.05) is 13.3 Å². The van der Waals surface area contributed by atoms with Gasteiger partial charge in [0.1, 0.15) is 0 Å². The molecule has 0 aromatic heterocycles. The lowest BCUT2D eigenvalue weighted by atomic mass is 9.87. The summed E-state index contributed by atoms with van der Waals surface area (Å²) in [5, 5.41) is 0. The minimum atomic E-state index is -1.04. The second-order valence-electron chi connectivity index (χ2n) is 8.91. The van der Waals surface area contributed by atoms with Gasteiger partial charge in [-0.2, -0.15) is 0 Å². The molecule has 1 atom stereocenters. The summed E-state index contributed by atoms with van der Waals surface area (Å²) in [5.41, 5.74) is -1.54. The molecule has 0 radical (unpaired) electrons. The van der Waals surface area contributed by atoms with E-state index in [0.717, 1.165) is 18.4 Å². The number of hydrogen-bond donors (Lipinski definition) is 0. The third kappa shape index (κ3) is 4.26. The van der Waals surface area contributed by atoms with Crippen molar-refractivity contribution < 1.29 is 23.7 Å². The molecule has 2 heterocycles. The van der Waals surface area contributed by atoms with Gasteiger partial charge < -0.3 is 18.9 Å². The van der Waals surface area contributed by atoms with Crippen LogP contribution in [0.25, 0.3) is 0 Å². The Hall–Kier alpha value is -0.910. The summed E-state index contributed by atoms with van der Waals surface area (Å²) in [6.07, 6.45) is 3.77. The van der Waals surface area contributed by atoms with E-state index in [-0.39, 0.29) is 5.97 Å². The van der Waals surface area contributed by atoms with Gasteiger partial charge in [-0.3, -0.25) is 0 Å². The van der Waals surface area contributed by atoms with Gasteiger partial charge in [0.15, 0.2) is 11.9 Å². The molecule has 0 amide bonds. The molecule has 25 heavy (non-hydrogen) atoms. The van der Waals surface area contributed by atoms with Gasteiger partial charge in [0.2, 0.25) is 0 Å². The highest BCUT2D eigenvalue weighted by Crippen LogP contribution is 2.45. The summed E-state index contributed by atoms with van der Waals surface area (Å²) >= 11 is 0. The van der Waals surface area contributed by atoms with Crippen LogP contribution >= 0.6 is 0 Å². The molecule has 2 rings (SSSR count). The first-order chi connectivity index (χ1) is 11.3. The summed E-state index contributed by atoms with van der Waals surface area (Å²) in [5.74, 6) is -0.323. The van der Waals surface area contributed by atoms with Crippen molar-refractivity contribution in [2.75, 3.05) is 6.61 Å². The number of carbonyl (C=O) groups excluding carboxylic acids is 1. The van der Waals surface area contributed by atoms with Gasteiger partial charge in [-0.15, -0.1) is 0 Å². The molecule has 2 aliphatic rings. The number of ether oxygens (including phenoxy) is 4. The van der Waals surface area contributed by atoms with E-state index in [2.05, 4.69) is 6.92 Å². The van der Waals surface area contributed by atoms with Crippen molar-refractivity contribution in [1.29, 1.82) is 0 Å². The summed E-state index contributed by atoms with van der Waals surface area (Å²) in [6.45, 7) is 16.3. The highest BCUT2D eigenvalue weighted by atomic mass is 16.7. The van der Waals surface area contributed by atoms with Gasteiger partial charge in [0, 0.05) is 6.42 Å². The number of carbonyl (C=O) groups is 1. The van der Waals surface area contributed by atoms with Crippen LogP contribution in [0.4, 0.5) is 0 Å². The molecule has 1 saturated heterocycles. The highest BCUT2D eigenvalue weighted by molar-refractivity contribution is 5.80. The molecule has 0 bridgehead atoms. The van der Waals surface area contributed by atoms with Crippen LogP contribution in [-0.4, -0.2) is 41.3 Å². The third-order valence-electron chi connectivity index (χ3n) is 5.28. The topological polar surface area (TPSA) is 54.0 Å². The maximum atomic E-state index is 12.6. The van der Waals surface area contributed by atoms with Crippen LogP contribution < -0.4 is 0 Å². The molecule has 0 aromatic carbocycles. The molecule has 5 heteroatoms. The first-order valence-electron chi connectivity index (χ1n) is 9.27. The molecule has 5 nitrogen and oxygen atoms in total. The third-order valence-corrected chi connectivity index (χ3v) is 5.28. The van der Waals surface area contributed by atoms with Gasteiger partial charge in [0.05, 0.1) is 23.4 Å². The first kappa shape index (κ1) is 20.4. The fourth-order valence-corrected chi connectivity index (χ4v) is 3.25. The van der Waals surface area contributed by atoms with Crippen molar-refractivity contribution in [2.24, 2.45) is 0 Å². The lowest BCUT2D eigenvalue weighted by molar-refractivity contribution is -0.188. The maximum absolute atomic E-state index is 12.6. The molecule has 144 valence electrons. The largest absolute Gasteiger partial charge is 0.464 e. The van der Waals surface area contributed by atoms with E-state index in [0.29, 0.717) is 13.0 Å². The molecule has 1 unspecified atom stereocenters. The van der Waals surface area contributed by atoms with Crippen molar-refractivity contribution in [2.45, 2.75) is 103 Å². The van der Waals surface area contributed by atoms with E-state index in [1.54, 1.807) is 6.92 Å². The van der Waals surface area contributed by atoms with E-state index in [1.165, 1.54) is 0 Å². The molecular formula is C20H34O5. The summed E-state index contributed by atoms with van der Waals surface area (Å²) in [4.78, 5) is 12.6. The number of unbranched alkanes of at least 4 members (excludes halogenated alkanes) is 1.